The van der Waals surface area contributed by atoms with Crippen LogP contribution in [0.3, 0.4) is 0 Å². The molecule has 0 unspecified atom stereocenters. The van der Waals surface area contributed by atoms with Crippen LogP contribution in [-0.2, 0) is 0 Å². The zero-order valence-electron chi connectivity index (χ0n) is 4.93. The normalized spacial score (nSPS) is 9.56. The van der Waals surface area contributed by atoms with Gasteiger partial charge in [-0.1, -0.05) is 0 Å². The minimum atomic E-state index is 0.226. The van der Waals surface area contributed by atoms with Gasteiger partial charge in [-0.2, -0.15) is 0 Å². The standard InChI is InChI=1S/C6H6BrNO/c1-4-5(7)2-8-3-6(4)9/h2-3,9H,1H3. The summed E-state index contributed by atoms with van der Waals surface area (Å²) in [5, 5.41) is 9.01. The molecule has 0 fully saturated rings. The monoisotopic (exact) mass is 187 g/mol. The quantitative estimate of drug-likeness (QED) is 0.673. The van der Waals surface area contributed by atoms with Gasteiger partial charge in [-0.3, -0.25) is 4.98 Å². The molecule has 0 saturated heterocycles. The molecule has 1 rings (SSSR count). The first-order valence-electron chi connectivity index (χ1n) is 2.51. The van der Waals surface area contributed by atoms with Crippen molar-refractivity contribution < 1.29 is 5.11 Å². The number of rotatable bonds is 0. The Labute approximate surface area is 61.7 Å². The van der Waals surface area contributed by atoms with Crippen molar-refractivity contribution in [2.45, 2.75) is 6.92 Å². The van der Waals surface area contributed by atoms with Gasteiger partial charge in [-0.25, -0.2) is 0 Å². The van der Waals surface area contributed by atoms with Gasteiger partial charge in [-0.15, -0.1) is 0 Å². The molecule has 0 aliphatic heterocycles. The Bertz CT molecular complexity index is 204. The zero-order valence-corrected chi connectivity index (χ0v) is 6.51. The van der Waals surface area contributed by atoms with Gasteiger partial charge in [0, 0.05) is 16.2 Å². The van der Waals surface area contributed by atoms with Crippen LogP contribution in [0.15, 0.2) is 16.9 Å². The second-order valence-corrected chi connectivity index (χ2v) is 2.62. The van der Waals surface area contributed by atoms with Gasteiger partial charge >= 0.3 is 0 Å². The first-order valence-corrected chi connectivity index (χ1v) is 3.30. The summed E-state index contributed by atoms with van der Waals surface area (Å²) in [4.78, 5) is 3.75. The van der Waals surface area contributed by atoms with Crippen molar-refractivity contribution in [3.63, 3.8) is 0 Å². The first kappa shape index (κ1) is 6.55. The van der Waals surface area contributed by atoms with Crippen LogP contribution < -0.4 is 0 Å². The number of hydrogen-bond donors (Lipinski definition) is 1. The average Bonchev–Trinajstić information content (AvgIpc) is 1.83. The minimum absolute atomic E-state index is 0.226. The van der Waals surface area contributed by atoms with E-state index >= 15 is 0 Å². The van der Waals surface area contributed by atoms with Crippen molar-refractivity contribution in [2.24, 2.45) is 0 Å². The van der Waals surface area contributed by atoms with E-state index in [1.807, 2.05) is 6.92 Å². The van der Waals surface area contributed by atoms with E-state index in [4.69, 9.17) is 5.11 Å². The van der Waals surface area contributed by atoms with Crippen LogP contribution in [-0.4, -0.2) is 10.1 Å². The van der Waals surface area contributed by atoms with Gasteiger partial charge in [-0.05, 0) is 22.9 Å². The number of aromatic hydroxyl groups is 1. The Kier molecular flexibility index (Phi) is 1.71. The highest BCUT2D eigenvalue weighted by Crippen LogP contribution is 2.21. The Hall–Kier alpha value is -0.570. The van der Waals surface area contributed by atoms with E-state index in [2.05, 4.69) is 20.9 Å². The molecule has 0 saturated carbocycles. The van der Waals surface area contributed by atoms with Gasteiger partial charge in [0.05, 0.1) is 6.20 Å². The largest absolute Gasteiger partial charge is 0.506 e. The highest BCUT2D eigenvalue weighted by atomic mass is 79.9. The molecule has 0 atom stereocenters. The number of nitrogens with zero attached hydrogens (tertiary/aromatic N) is 1. The fourth-order valence-corrected chi connectivity index (χ4v) is 0.811. The zero-order chi connectivity index (χ0) is 6.85. The lowest BCUT2D eigenvalue weighted by Gasteiger charge is -1.97. The highest BCUT2D eigenvalue weighted by molar-refractivity contribution is 9.10. The summed E-state index contributed by atoms with van der Waals surface area (Å²) in [6, 6.07) is 0. The van der Waals surface area contributed by atoms with E-state index in [0.29, 0.717) is 0 Å². The molecule has 0 aliphatic carbocycles. The molecule has 48 valence electrons. The molecule has 0 spiro atoms. The van der Waals surface area contributed by atoms with Crippen LogP contribution in [0.2, 0.25) is 0 Å². The third-order valence-corrected chi connectivity index (χ3v) is 1.93. The number of hydrogen-bond acceptors (Lipinski definition) is 2. The fraction of sp³-hybridized carbons (Fsp3) is 0.167. The Morgan fingerprint density at radius 1 is 1.56 bits per heavy atom. The van der Waals surface area contributed by atoms with Crippen LogP contribution in [0, 0.1) is 6.92 Å². The van der Waals surface area contributed by atoms with Crippen LogP contribution in [0.25, 0.3) is 0 Å². The van der Waals surface area contributed by atoms with E-state index in [1.165, 1.54) is 6.20 Å². The van der Waals surface area contributed by atoms with Crippen LogP contribution in [0.4, 0.5) is 0 Å². The molecular formula is C6H6BrNO. The smallest absolute Gasteiger partial charge is 0.137 e. The van der Waals surface area contributed by atoms with E-state index in [-0.39, 0.29) is 5.75 Å². The second-order valence-electron chi connectivity index (χ2n) is 1.77. The molecule has 0 bridgehead atoms. The Morgan fingerprint density at radius 3 is 2.67 bits per heavy atom. The molecule has 1 N–H and O–H groups in total. The molecule has 0 radical (unpaired) electrons. The molecule has 2 nitrogen and oxygen atoms in total. The van der Waals surface area contributed by atoms with E-state index < -0.39 is 0 Å². The lowest BCUT2D eigenvalue weighted by atomic mass is 10.3. The molecular weight excluding hydrogens is 182 g/mol. The topological polar surface area (TPSA) is 33.1 Å². The fourth-order valence-electron chi connectivity index (χ4n) is 0.489. The maximum absolute atomic E-state index is 9.01. The predicted octanol–water partition coefficient (Wildman–Crippen LogP) is 1.86. The van der Waals surface area contributed by atoms with Crippen molar-refractivity contribution in [2.75, 3.05) is 0 Å². The van der Waals surface area contributed by atoms with Crippen molar-refractivity contribution in [3.05, 3.63) is 22.4 Å². The van der Waals surface area contributed by atoms with Crippen LogP contribution in [0.1, 0.15) is 5.56 Å². The molecule has 1 aromatic heterocycles. The lowest BCUT2D eigenvalue weighted by molar-refractivity contribution is 0.468. The van der Waals surface area contributed by atoms with Crippen LogP contribution in [0.5, 0.6) is 5.75 Å². The Morgan fingerprint density at radius 2 is 2.22 bits per heavy atom. The summed E-state index contributed by atoms with van der Waals surface area (Å²) in [6.45, 7) is 1.82. The summed E-state index contributed by atoms with van der Waals surface area (Å²) >= 11 is 3.22. The highest BCUT2D eigenvalue weighted by Gasteiger charge is 1.97. The summed E-state index contributed by atoms with van der Waals surface area (Å²) < 4.78 is 0.836. The summed E-state index contributed by atoms with van der Waals surface area (Å²) in [5.41, 5.74) is 0.824. The summed E-state index contributed by atoms with van der Waals surface area (Å²) in [7, 11) is 0. The third kappa shape index (κ3) is 1.21. The Balaban J connectivity index is 3.25. The molecule has 0 aromatic carbocycles. The average molecular weight is 188 g/mol. The van der Waals surface area contributed by atoms with Crippen LogP contribution >= 0.6 is 15.9 Å². The van der Waals surface area contributed by atoms with Gasteiger partial charge in [0.1, 0.15) is 5.75 Å². The second kappa shape index (κ2) is 2.35. The summed E-state index contributed by atoms with van der Waals surface area (Å²) in [6.07, 6.45) is 3.06. The third-order valence-electron chi connectivity index (χ3n) is 1.13. The van der Waals surface area contributed by atoms with E-state index in [0.717, 1.165) is 10.0 Å². The molecule has 9 heavy (non-hydrogen) atoms. The van der Waals surface area contributed by atoms with Gasteiger partial charge in [0.25, 0.3) is 0 Å². The number of aromatic nitrogens is 1. The van der Waals surface area contributed by atoms with Gasteiger partial charge < -0.3 is 5.11 Å². The van der Waals surface area contributed by atoms with Crippen molar-refractivity contribution >= 4 is 15.9 Å². The maximum Gasteiger partial charge on any atom is 0.137 e. The van der Waals surface area contributed by atoms with Crippen molar-refractivity contribution in [1.82, 2.24) is 4.98 Å². The molecule has 1 aromatic rings. The SMILES string of the molecule is Cc1c(O)cncc1Br. The molecule has 0 amide bonds. The number of pyridine rings is 1. The molecule has 3 heteroatoms. The van der Waals surface area contributed by atoms with Crippen molar-refractivity contribution in [1.29, 1.82) is 0 Å². The van der Waals surface area contributed by atoms with Crippen molar-refractivity contribution in [3.8, 4) is 5.75 Å². The van der Waals surface area contributed by atoms with Gasteiger partial charge in [0.2, 0.25) is 0 Å². The molecule has 1 heterocycles. The maximum atomic E-state index is 9.01. The lowest BCUT2D eigenvalue weighted by Crippen LogP contribution is -1.78. The predicted molar refractivity (Wildman–Crippen MR) is 38.3 cm³/mol. The molecule has 0 aliphatic rings. The summed E-state index contributed by atoms with van der Waals surface area (Å²) in [5.74, 6) is 0.226. The van der Waals surface area contributed by atoms with Gasteiger partial charge in [0.15, 0.2) is 0 Å². The van der Waals surface area contributed by atoms with E-state index in [9.17, 15) is 0 Å². The van der Waals surface area contributed by atoms with E-state index in [1.54, 1.807) is 6.20 Å². The minimum Gasteiger partial charge on any atom is -0.506 e. The number of halogens is 1. The first-order chi connectivity index (χ1) is 4.22.